The molecule has 2 atom stereocenters. The molecule has 1 aromatic carbocycles. The summed E-state index contributed by atoms with van der Waals surface area (Å²) in [7, 11) is 0. The van der Waals surface area contributed by atoms with E-state index in [0.717, 1.165) is 18.5 Å². The number of halogens is 3. The standard InChI is InChI=1S/C16H15F3N2O/c17-12-6-13(18)16(14(19)7-12)22-15(11-3-5-21-9-11)10-2-1-4-20-8-10/h1-2,4,6-8,11,15,21H,3,5,9H2/t11?,15-/m1/s1. The number of pyridine rings is 1. The summed E-state index contributed by atoms with van der Waals surface area (Å²) >= 11 is 0. The summed E-state index contributed by atoms with van der Waals surface area (Å²) in [4.78, 5) is 4.03. The molecule has 0 amide bonds. The fraction of sp³-hybridized carbons (Fsp3) is 0.312. The summed E-state index contributed by atoms with van der Waals surface area (Å²) in [5, 5.41) is 3.20. The number of ether oxygens (including phenoxy) is 1. The average Bonchev–Trinajstić information content (AvgIpc) is 3.01. The second-order valence-corrected chi connectivity index (χ2v) is 5.28. The smallest absolute Gasteiger partial charge is 0.191 e. The molecule has 1 unspecified atom stereocenters. The van der Waals surface area contributed by atoms with Crippen LogP contribution >= 0.6 is 0 Å². The topological polar surface area (TPSA) is 34.1 Å². The first-order valence-corrected chi connectivity index (χ1v) is 7.07. The van der Waals surface area contributed by atoms with Crippen LogP contribution in [0.3, 0.4) is 0 Å². The summed E-state index contributed by atoms with van der Waals surface area (Å²) in [6.07, 6.45) is 3.51. The quantitative estimate of drug-likeness (QED) is 0.941. The van der Waals surface area contributed by atoms with E-state index in [1.807, 2.05) is 0 Å². The van der Waals surface area contributed by atoms with Crippen molar-refractivity contribution in [1.29, 1.82) is 0 Å². The molecule has 3 nitrogen and oxygen atoms in total. The monoisotopic (exact) mass is 308 g/mol. The second-order valence-electron chi connectivity index (χ2n) is 5.28. The molecule has 1 N–H and O–H groups in total. The highest BCUT2D eigenvalue weighted by molar-refractivity contribution is 5.28. The predicted octanol–water partition coefficient (Wildman–Crippen LogP) is 3.23. The van der Waals surface area contributed by atoms with E-state index in [1.54, 1.807) is 24.5 Å². The van der Waals surface area contributed by atoms with Crippen LogP contribution in [-0.4, -0.2) is 18.1 Å². The van der Waals surface area contributed by atoms with Crippen molar-refractivity contribution in [3.05, 3.63) is 59.7 Å². The molecule has 1 fully saturated rings. The third kappa shape index (κ3) is 3.06. The lowest BCUT2D eigenvalue weighted by atomic mass is 9.96. The number of hydrogen-bond acceptors (Lipinski definition) is 3. The molecule has 0 radical (unpaired) electrons. The van der Waals surface area contributed by atoms with Gasteiger partial charge < -0.3 is 10.1 Å². The van der Waals surface area contributed by atoms with Gasteiger partial charge in [-0.1, -0.05) is 6.07 Å². The van der Waals surface area contributed by atoms with Gasteiger partial charge in [-0.25, -0.2) is 13.2 Å². The first-order chi connectivity index (χ1) is 10.6. The molecule has 0 spiro atoms. The maximum atomic E-state index is 13.8. The zero-order valence-corrected chi connectivity index (χ0v) is 11.7. The molecule has 116 valence electrons. The van der Waals surface area contributed by atoms with Gasteiger partial charge >= 0.3 is 0 Å². The highest BCUT2D eigenvalue weighted by Crippen LogP contribution is 2.34. The van der Waals surface area contributed by atoms with Gasteiger partial charge in [0.1, 0.15) is 11.9 Å². The molecule has 2 heterocycles. The number of aromatic nitrogens is 1. The van der Waals surface area contributed by atoms with Crippen molar-refractivity contribution >= 4 is 0 Å². The molecule has 1 aliphatic heterocycles. The zero-order chi connectivity index (χ0) is 15.5. The Labute approximate surface area is 126 Å². The number of rotatable bonds is 4. The van der Waals surface area contributed by atoms with Crippen LogP contribution in [0.15, 0.2) is 36.7 Å². The molecule has 2 aromatic rings. The molecule has 1 aliphatic rings. The van der Waals surface area contributed by atoms with Crippen LogP contribution in [0, 0.1) is 23.4 Å². The summed E-state index contributed by atoms with van der Waals surface area (Å²) in [5.74, 6) is -3.55. The first-order valence-electron chi connectivity index (χ1n) is 7.07. The van der Waals surface area contributed by atoms with E-state index >= 15 is 0 Å². The molecule has 6 heteroatoms. The molecule has 0 saturated carbocycles. The van der Waals surface area contributed by atoms with Gasteiger partial charge in [-0.05, 0) is 19.0 Å². The van der Waals surface area contributed by atoms with E-state index in [1.165, 1.54) is 0 Å². The van der Waals surface area contributed by atoms with Crippen molar-refractivity contribution in [2.24, 2.45) is 5.92 Å². The SMILES string of the molecule is Fc1cc(F)c(O[C@H](c2cccnc2)C2CCNC2)c(F)c1. The maximum Gasteiger partial charge on any atom is 0.191 e. The van der Waals surface area contributed by atoms with E-state index in [9.17, 15) is 13.2 Å². The van der Waals surface area contributed by atoms with Gasteiger partial charge in [0, 0.05) is 42.6 Å². The molecule has 0 bridgehead atoms. The van der Waals surface area contributed by atoms with Crippen molar-refractivity contribution in [2.45, 2.75) is 12.5 Å². The van der Waals surface area contributed by atoms with Crippen molar-refractivity contribution in [3.63, 3.8) is 0 Å². The van der Waals surface area contributed by atoms with Crippen molar-refractivity contribution in [1.82, 2.24) is 10.3 Å². The zero-order valence-electron chi connectivity index (χ0n) is 11.7. The Morgan fingerprint density at radius 2 is 2.00 bits per heavy atom. The number of benzene rings is 1. The Hall–Kier alpha value is -2.08. The second kappa shape index (κ2) is 6.36. The van der Waals surface area contributed by atoms with Crippen LogP contribution < -0.4 is 10.1 Å². The fourth-order valence-corrected chi connectivity index (χ4v) is 2.68. The molecule has 1 aromatic heterocycles. The number of nitrogens with zero attached hydrogens (tertiary/aromatic N) is 1. The summed E-state index contributed by atoms with van der Waals surface area (Å²) in [6.45, 7) is 1.50. The molecule has 1 saturated heterocycles. The van der Waals surface area contributed by atoms with E-state index in [4.69, 9.17) is 4.74 Å². The van der Waals surface area contributed by atoms with Gasteiger partial charge in [0.15, 0.2) is 17.4 Å². The van der Waals surface area contributed by atoms with Gasteiger partial charge in [0.25, 0.3) is 0 Å². The minimum absolute atomic E-state index is 0.0630. The number of hydrogen-bond donors (Lipinski definition) is 1. The maximum absolute atomic E-state index is 13.8. The Morgan fingerprint density at radius 1 is 1.23 bits per heavy atom. The van der Waals surface area contributed by atoms with Gasteiger partial charge in [-0.2, -0.15) is 0 Å². The van der Waals surface area contributed by atoms with Gasteiger partial charge in [-0.3, -0.25) is 4.98 Å². The van der Waals surface area contributed by atoms with Crippen molar-refractivity contribution in [3.8, 4) is 5.75 Å². The Bertz CT molecular complexity index is 622. The Morgan fingerprint density at radius 3 is 2.59 bits per heavy atom. The van der Waals surface area contributed by atoms with Crippen LogP contribution in [0.1, 0.15) is 18.1 Å². The van der Waals surface area contributed by atoms with E-state index in [2.05, 4.69) is 10.3 Å². The van der Waals surface area contributed by atoms with Crippen molar-refractivity contribution in [2.75, 3.05) is 13.1 Å². The minimum Gasteiger partial charge on any atom is -0.479 e. The highest BCUT2D eigenvalue weighted by atomic mass is 19.1. The molecular formula is C16H15F3N2O. The van der Waals surface area contributed by atoms with Crippen LogP contribution in [0.25, 0.3) is 0 Å². The average molecular weight is 308 g/mol. The summed E-state index contributed by atoms with van der Waals surface area (Å²) < 4.78 is 46.3. The lowest BCUT2D eigenvalue weighted by Crippen LogP contribution is -2.22. The molecule has 0 aliphatic carbocycles. The van der Waals surface area contributed by atoms with E-state index in [-0.39, 0.29) is 5.92 Å². The Kier molecular flexibility index (Phi) is 4.29. The largest absolute Gasteiger partial charge is 0.479 e. The Balaban J connectivity index is 1.94. The van der Waals surface area contributed by atoms with Gasteiger partial charge in [-0.15, -0.1) is 0 Å². The van der Waals surface area contributed by atoms with Gasteiger partial charge in [0.2, 0.25) is 0 Å². The third-order valence-corrected chi connectivity index (χ3v) is 3.75. The fourth-order valence-electron chi connectivity index (χ4n) is 2.68. The van der Waals surface area contributed by atoms with E-state index < -0.39 is 29.3 Å². The predicted molar refractivity (Wildman–Crippen MR) is 74.9 cm³/mol. The van der Waals surface area contributed by atoms with Crippen LogP contribution in [0.2, 0.25) is 0 Å². The number of nitrogens with one attached hydrogen (secondary N) is 1. The lowest BCUT2D eigenvalue weighted by Gasteiger charge is -2.25. The molecular weight excluding hydrogens is 293 g/mol. The van der Waals surface area contributed by atoms with Crippen molar-refractivity contribution < 1.29 is 17.9 Å². The van der Waals surface area contributed by atoms with Gasteiger partial charge in [0.05, 0.1) is 0 Å². The first kappa shape index (κ1) is 14.8. The molecule has 22 heavy (non-hydrogen) atoms. The summed E-state index contributed by atoms with van der Waals surface area (Å²) in [5.41, 5.74) is 0.735. The lowest BCUT2D eigenvalue weighted by molar-refractivity contribution is 0.131. The molecule has 3 rings (SSSR count). The third-order valence-electron chi connectivity index (χ3n) is 3.75. The van der Waals surface area contributed by atoms with E-state index in [0.29, 0.717) is 18.7 Å². The van der Waals surface area contributed by atoms with Crippen LogP contribution in [-0.2, 0) is 0 Å². The minimum atomic E-state index is -1.04. The van der Waals surface area contributed by atoms with Crippen LogP contribution in [0.4, 0.5) is 13.2 Å². The summed E-state index contributed by atoms with van der Waals surface area (Å²) in [6, 6.07) is 4.78. The highest BCUT2D eigenvalue weighted by Gasteiger charge is 2.30. The normalized spacial score (nSPS) is 19.1. The van der Waals surface area contributed by atoms with Crippen LogP contribution in [0.5, 0.6) is 5.75 Å².